The van der Waals surface area contributed by atoms with Crippen LogP contribution >= 0.6 is 24.0 Å². The standard InChI is InChI=1S/C20H38N4O2.HI/c1-5-21-19(23-17-16-9-14-26-18(16)20(17,2)3)22-15-7-11-24(12-8-15)10-6-13-25-4;/h15-18H,5-14H2,1-4H3,(H2,21,22,23);1H. The Kier molecular flexibility index (Phi) is 9.09. The summed E-state index contributed by atoms with van der Waals surface area (Å²) in [5.41, 5.74) is 0.183. The number of fused-ring (bicyclic) bond motifs is 1. The van der Waals surface area contributed by atoms with Gasteiger partial charge in [-0.05, 0) is 32.6 Å². The maximum Gasteiger partial charge on any atom is 0.191 e. The van der Waals surface area contributed by atoms with Crippen molar-refractivity contribution >= 4 is 29.9 Å². The third kappa shape index (κ3) is 5.48. The number of ether oxygens (including phenoxy) is 2. The van der Waals surface area contributed by atoms with Crippen LogP contribution in [0.15, 0.2) is 4.99 Å². The van der Waals surface area contributed by atoms with Crippen molar-refractivity contribution in [3.8, 4) is 0 Å². The Balaban J connectivity index is 0.00000261. The second-order valence-electron chi connectivity index (χ2n) is 8.62. The van der Waals surface area contributed by atoms with Gasteiger partial charge in [0, 0.05) is 69.9 Å². The van der Waals surface area contributed by atoms with E-state index in [4.69, 9.17) is 14.5 Å². The molecule has 3 rings (SSSR count). The molecule has 1 aliphatic carbocycles. The predicted molar refractivity (Wildman–Crippen MR) is 121 cm³/mol. The highest BCUT2D eigenvalue weighted by Crippen LogP contribution is 2.52. The molecule has 27 heavy (non-hydrogen) atoms. The molecule has 3 unspecified atom stereocenters. The van der Waals surface area contributed by atoms with Crippen LogP contribution < -0.4 is 10.6 Å². The molecule has 0 amide bonds. The van der Waals surface area contributed by atoms with Gasteiger partial charge >= 0.3 is 0 Å². The summed E-state index contributed by atoms with van der Waals surface area (Å²) >= 11 is 0. The zero-order chi connectivity index (χ0) is 18.6. The molecule has 158 valence electrons. The molecular formula is C20H39IN4O2. The Morgan fingerprint density at radius 3 is 2.63 bits per heavy atom. The molecule has 0 spiro atoms. The van der Waals surface area contributed by atoms with Gasteiger partial charge in [-0.25, -0.2) is 0 Å². The van der Waals surface area contributed by atoms with Gasteiger partial charge in [0.1, 0.15) is 0 Å². The predicted octanol–water partition coefficient (Wildman–Crippen LogP) is 2.47. The van der Waals surface area contributed by atoms with Gasteiger partial charge in [-0.3, -0.25) is 4.99 Å². The number of rotatable bonds is 7. The number of hydrogen-bond acceptors (Lipinski definition) is 4. The van der Waals surface area contributed by atoms with E-state index >= 15 is 0 Å². The van der Waals surface area contributed by atoms with Crippen molar-refractivity contribution in [1.82, 2.24) is 15.5 Å². The lowest BCUT2D eigenvalue weighted by molar-refractivity contribution is -0.106. The van der Waals surface area contributed by atoms with Crippen molar-refractivity contribution < 1.29 is 9.47 Å². The molecule has 2 heterocycles. The Bertz CT molecular complexity index is 481. The first-order valence-electron chi connectivity index (χ1n) is 10.5. The second-order valence-corrected chi connectivity index (χ2v) is 8.62. The van der Waals surface area contributed by atoms with E-state index in [0.29, 0.717) is 24.1 Å². The molecule has 0 aromatic rings. The van der Waals surface area contributed by atoms with Gasteiger partial charge < -0.3 is 25.0 Å². The molecule has 2 N–H and O–H groups in total. The SMILES string of the molecule is CCN=C(NC1CCN(CCCOC)CC1)NC1C2CCOC2C1(C)C.I. The van der Waals surface area contributed by atoms with Crippen molar-refractivity contribution in [2.75, 3.05) is 46.5 Å². The van der Waals surface area contributed by atoms with Crippen molar-refractivity contribution in [2.45, 2.75) is 64.6 Å². The highest BCUT2D eigenvalue weighted by Gasteiger charge is 2.59. The molecule has 0 aromatic heterocycles. The van der Waals surface area contributed by atoms with Crippen molar-refractivity contribution in [1.29, 1.82) is 0 Å². The monoisotopic (exact) mass is 494 g/mol. The minimum atomic E-state index is 0. The average molecular weight is 494 g/mol. The molecule has 3 atom stereocenters. The molecule has 3 aliphatic rings. The van der Waals surface area contributed by atoms with Crippen LogP contribution in [0.1, 0.15) is 46.5 Å². The molecule has 7 heteroatoms. The number of likely N-dealkylation sites (tertiary alicyclic amines) is 1. The largest absolute Gasteiger partial charge is 0.385 e. The van der Waals surface area contributed by atoms with Gasteiger partial charge in [-0.1, -0.05) is 13.8 Å². The van der Waals surface area contributed by atoms with Crippen molar-refractivity contribution in [3.63, 3.8) is 0 Å². The van der Waals surface area contributed by atoms with Gasteiger partial charge in [-0.15, -0.1) is 24.0 Å². The van der Waals surface area contributed by atoms with Crippen molar-refractivity contribution in [2.24, 2.45) is 16.3 Å². The minimum Gasteiger partial charge on any atom is -0.385 e. The van der Waals surface area contributed by atoms with E-state index in [-0.39, 0.29) is 29.4 Å². The number of nitrogens with zero attached hydrogens (tertiary/aromatic N) is 2. The summed E-state index contributed by atoms with van der Waals surface area (Å²) in [5, 5.41) is 7.45. The molecule has 0 aromatic carbocycles. The first-order chi connectivity index (χ1) is 12.6. The second kappa shape index (κ2) is 10.6. The van der Waals surface area contributed by atoms with Crippen molar-refractivity contribution in [3.05, 3.63) is 0 Å². The maximum absolute atomic E-state index is 5.93. The van der Waals surface area contributed by atoms with Gasteiger partial charge in [0.15, 0.2) is 5.96 Å². The number of nitrogens with one attached hydrogen (secondary N) is 2. The summed E-state index contributed by atoms with van der Waals surface area (Å²) in [7, 11) is 1.78. The summed E-state index contributed by atoms with van der Waals surface area (Å²) in [5.74, 6) is 1.63. The average Bonchev–Trinajstić information content (AvgIpc) is 3.08. The fourth-order valence-electron chi connectivity index (χ4n) is 4.98. The highest BCUT2D eigenvalue weighted by molar-refractivity contribution is 14.0. The third-order valence-electron chi connectivity index (χ3n) is 6.46. The van der Waals surface area contributed by atoms with E-state index in [1.54, 1.807) is 7.11 Å². The van der Waals surface area contributed by atoms with Crippen LogP contribution in [-0.4, -0.2) is 75.5 Å². The van der Waals surface area contributed by atoms with Crippen LogP contribution in [-0.2, 0) is 9.47 Å². The number of halogens is 1. The minimum absolute atomic E-state index is 0. The summed E-state index contributed by atoms with van der Waals surface area (Å²) in [6.45, 7) is 12.8. The number of hydrogen-bond donors (Lipinski definition) is 2. The Labute approximate surface area is 182 Å². The zero-order valence-corrected chi connectivity index (χ0v) is 19.8. The Morgan fingerprint density at radius 1 is 1.22 bits per heavy atom. The number of methoxy groups -OCH3 is 1. The zero-order valence-electron chi connectivity index (χ0n) is 17.5. The van der Waals surface area contributed by atoms with Crippen LogP contribution in [0.4, 0.5) is 0 Å². The fraction of sp³-hybridized carbons (Fsp3) is 0.950. The molecule has 0 radical (unpaired) electrons. The number of piperidine rings is 1. The van der Waals surface area contributed by atoms with Gasteiger partial charge in [0.25, 0.3) is 0 Å². The number of aliphatic imine (C=N–C) groups is 1. The molecule has 2 saturated heterocycles. The first-order valence-corrected chi connectivity index (χ1v) is 10.5. The Morgan fingerprint density at radius 2 is 1.96 bits per heavy atom. The molecular weight excluding hydrogens is 455 g/mol. The quantitative estimate of drug-likeness (QED) is 0.247. The molecule has 3 fully saturated rings. The molecule has 0 bridgehead atoms. The highest BCUT2D eigenvalue weighted by atomic mass is 127. The maximum atomic E-state index is 5.93. The normalized spacial score (nSPS) is 31.0. The molecule has 2 aliphatic heterocycles. The van der Waals surface area contributed by atoms with E-state index in [0.717, 1.165) is 51.8 Å². The smallest absolute Gasteiger partial charge is 0.191 e. The molecule has 6 nitrogen and oxygen atoms in total. The van der Waals surface area contributed by atoms with E-state index in [2.05, 4.69) is 36.3 Å². The van der Waals surface area contributed by atoms with E-state index < -0.39 is 0 Å². The molecule has 1 saturated carbocycles. The third-order valence-corrected chi connectivity index (χ3v) is 6.46. The summed E-state index contributed by atoms with van der Waals surface area (Å²) < 4.78 is 11.1. The summed E-state index contributed by atoms with van der Waals surface area (Å²) in [6, 6.07) is 0.979. The van der Waals surface area contributed by atoms with Crippen LogP contribution in [0.25, 0.3) is 0 Å². The first kappa shape index (κ1) is 23.2. The van der Waals surface area contributed by atoms with E-state index in [1.807, 2.05) is 0 Å². The topological polar surface area (TPSA) is 58.1 Å². The van der Waals surface area contributed by atoms with Gasteiger partial charge in [0.2, 0.25) is 0 Å². The lowest BCUT2D eigenvalue weighted by Gasteiger charge is -2.55. The van der Waals surface area contributed by atoms with E-state index in [1.165, 1.54) is 19.3 Å². The lowest BCUT2D eigenvalue weighted by Crippen LogP contribution is -2.68. The Hall–Kier alpha value is -0.120. The number of guanidine groups is 1. The lowest BCUT2D eigenvalue weighted by atomic mass is 9.57. The van der Waals surface area contributed by atoms with E-state index in [9.17, 15) is 0 Å². The van der Waals surface area contributed by atoms with Crippen LogP contribution in [0.5, 0.6) is 0 Å². The van der Waals surface area contributed by atoms with Crippen LogP contribution in [0.2, 0.25) is 0 Å². The summed E-state index contributed by atoms with van der Waals surface area (Å²) in [4.78, 5) is 7.28. The van der Waals surface area contributed by atoms with Gasteiger partial charge in [-0.2, -0.15) is 0 Å². The van der Waals surface area contributed by atoms with Crippen LogP contribution in [0, 0.1) is 11.3 Å². The fourth-order valence-corrected chi connectivity index (χ4v) is 4.98. The van der Waals surface area contributed by atoms with Crippen LogP contribution in [0.3, 0.4) is 0 Å². The van der Waals surface area contributed by atoms with Gasteiger partial charge in [0.05, 0.1) is 6.10 Å². The summed E-state index contributed by atoms with van der Waals surface area (Å²) in [6.07, 6.45) is 5.07.